The van der Waals surface area contributed by atoms with Crippen molar-refractivity contribution in [3.8, 4) is 0 Å². The van der Waals surface area contributed by atoms with Gasteiger partial charge in [0.1, 0.15) is 0 Å². The lowest BCUT2D eigenvalue weighted by Crippen LogP contribution is -2.47. The summed E-state index contributed by atoms with van der Waals surface area (Å²) in [5.74, 6) is -2.04. The van der Waals surface area contributed by atoms with E-state index >= 15 is 0 Å². The third-order valence-electron chi connectivity index (χ3n) is 2.30. The second-order valence-corrected chi connectivity index (χ2v) is 3.82. The Bertz CT molecular complexity index is 291. The third-order valence-corrected chi connectivity index (χ3v) is 2.30. The summed E-state index contributed by atoms with van der Waals surface area (Å²) in [4.78, 5) is 23.2. The first-order valence-corrected chi connectivity index (χ1v) is 4.96. The fraction of sp³-hybridized carbons (Fsp3) is 0.778. The number of amides is 2. The van der Waals surface area contributed by atoms with Crippen molar-refractivity contribution in [2.24, 2.45) is 0 Å². The first-order chi connectivity index (χ1) is 7.30. The Morgan fingerprint density at radius 2 is 2.19 bits per heavy atom. The van der Waals surface area contributed by atoms with Crippen molar-refractivity contribution < 1.29 is 22.8 Å². The van der Waals surface area contributed by atoms with Gasteiger partial charge in [0.15, 0.2) is 0 Å². The molecule has 0 spiro atoms. The lowest BCUT2D eigenvalue weighted by Gasteiger charge is -2.22. The van der Waals surface area contributed by atoms with Gasteiger partial charge in [-0.1, -0.05) is 0 Å². The molecule has 16 heavy (non-hydrogen) atoms. The number of halogens is 3. The molecule has 1 heterocycles. The van der Waals surface area contributed by atoms with Gasteiger partial charge < -0.3 is 10.2 Å². The van der Waals surface area contributed by atoms with Crippen molar-refractivity contribution >= 4 is 11.8 Å². The standard InChI is InChI=1S/C9H13F3N2O2/c1-6(13-8(16)9(10,11)12)5-14-4-2-3-7(14)15/h6H,2-5H2,1H3,(H,13,16). The minimum Gasteiger partial charge on any atom is -0.344 e. The van der Waals surface area contributed by atoms with Crippen LogP contribution in [-0.2, 0) is 9.59 Å². The van der Waals surface area contributed by atoms with Gasteiger partial charge in [0.2, 0.25) is 5.91 Å². The molecule has 0 aromatic carbocycles. The monoisotopic (exact) mass is 238 g/mol. The SMILES string of the molecule is CC(CN1CCCC1=O)NC(=O)C(F)(F)F. The number of rotatable bonds is 3. The van der Waals surface area contributed by atoms with Crippen LogP contribution in [-0.4, -0.2) is 42.0 Å². The van der Waals surface area contributed by atoms with E-state index in [1.165, 1.54) is 11.8 Å². The average molecular weight is 238 g/mol. The number of likely N-dealkylation sites (tertiary alicyclic amines) is 1. The Hall–Kier alpha value is -1.27. The van der Waals surface area contributed by atoms with E-state index in [0.717, 1.165) is 6.42 Å². The van der Waals surface area contributed by atoms with Crippen LogP contribution >= 0.6 is 0 Å². The topological polar surface area (TPSA) is 49.4 Å². The van der Waals surface area contributed by atoms with Gasteiger partial charge in [0.25, 0.3) is 0 Å². The van der Waals surface area contributed by atoms with Crippen LogP contribution < -0.4 is 5.32 Å². The predicted octanol–water partition coefficient (Wildman–Crippen LogP) is 0.676. The zero-order valence-electron chi connectivity index (χ0n) is 8.80. The van der Waals surface area contributed by atoms with Crippen LogP contribution in [0.1, 0.15) is 19.8 Å². The summed E-state index contributed by atoms with van der Waals surface area (Å²) in [5.41, 5.74) is 0. The maximum absolute atomic E-state index is 11.9. The Morgan fingerprint density at radius 3 is 2.62 bits per heavy atom. The Kier molecular flexibility index (Phi) is 3.77. The maximum atomic E-state index is 11.9. The van der Waals surface area contributed by atoms with Gasteiger partial charge in [-0.25, -0.2) is 0 Å². The van der Waals surface area contributed by atoms with Crippen molar-refractivity contribution in [3.63, 3.8) is 0 Å². The van der Waals surface area contributed by atoms with Gasteiger partial charge in [-0.2, -0.15) is 13.2 Å². The van der Waals surface area contributed by atoms with Crippen molar-refractivity contribution in [2.75, 3.05) is 13.1 Å². The van der Waals surface area contributed by atoms with E-state index in [1.807, 2.05) is 5.32 Å². The molecule has 7 heteroatoms. The largest absolute Gasteiger partial charge is 0.471 e. The molecule has 4 nitrogen and oxygen atoms in total. The Balaban J connectivity index is 2.39. The molecular weight excluding hydrogens is 225 g/mol. The van der Waals surface area contributed by atoms with Crippen LogP contribution in [0.25, 0.3) is 0 Å². The summed E-state index contributed by atoms with van der Waals surface area (Å²) < 4.78 is 35.7. The van der Waals surface area contributed by atoms with E-state index in [4.69, 9.17) is 0 Å². The van der Waals surface area contributed by atoms with Crippen LogP contribution in [0.2, 0.25) is 0 Å². The highest BCUT2D eigenvalue weighted by molar-refractivity contribution is 5.82. The molecule has 1 N–H and O–H groups in total. The van der Waals surface area contributed by atoms with E-state index in [-0.39, 0.29) is 12.5 Å². The molecular formula is C9H13F3N2O2. The maximum Gasteiger partial charge on any atom is 0.471 e. The van der Waals surface area contributed by atoms with Gasteiger partial charge in [-0.3, -0.25) is 9.59 Å². The predicted molar refractivity (Wildman–Crippen MR) is 49.5 cm³/mol. The van der Waals surface area contributed by atoms with Crippen LogP contribution in [0.5, 0.6) is 0 Å². The smallest absolute Gasteiger partial charge is 0.344 e. The number of nitrogens with one attached hydrogen (secondary N) is 1. The van der Waals surface area contributed by atoms with Crippen molar-refractivity contribution in [1.82, 2.24) is 10.2 Å². The summed E-state index contributed by atoms with van der Waals surface area (Å²) in [7, 11) is 0. The summed E-state index contributed by atoms with van der Waals surface area (Å²) in [5, 5.41) is 1.81. The number of hydrogen-bond donors (Lipinski definition) is 1. The number of nitrogens with zero attached hydrogens (tertiary/aromatic N) is 1. The minimum atomic E-state index is -4.87. The quantitative estimate of drug-likeness (QED) is 0.785. The lowest BCUT2D eigenvalue weighted by atomic mass is 10.3. The van der Waals surface area contributed by atoms with E-state index in [0.29, 0.717) is 13.0 Å². The average Bonchev–Trinajstić information content (AvgIpc) is 2.50. The Morgan fingerprint density at radius 1 is 1.56 bits per heavy atom. The molecule has 0 radical (unpaired) electrons. The zero-order valence-corrected chi connectivity index (χ0v) is 8.80. The normalized spacial score (nSPS) is 18.8. The molecule has 2 amide bonds. The van der Waals surface area contributed by atoms with Crippen LogP contribution in [0.15, 0.2) is 0 Å². The second kappa shape index (κ2) is 4.71. The molecule has 1 unspecified atom stereocenters. The summed E-state index contributed by atoms with van der Waals surface area (Å²) in [6.45, 7) is 2.11. The highest BCUT2D eigenvalue weighted by Crippen LogP contribution is 2.15. The van der Waals surface area contributed by atoms with Gasteiger partial charge in [-0.05, 0) is 13.3 Å². The fourth-order valence-electron chi connectivity index (χ4n) is 1.58. The summed E-state index contributed by atoms with van der Waals surface area (Å²) >= 11 is 0. The highest BCUT2D eigenvalue weighted by atomic mass is 19.4. The molecule has 0 bridgehead atoms. The molecule has 92 valence electrons. The molecule has 1 atom stereocenters. The van der Waals surface area contributed by atoms with E-state index < -0.39 is 18.1 Å². The molecule has 0 aromatic heterocycles. The van der Waals surface area contributed by atoms with Gasteiger partial charge in [0, 0.05) is 25.6 Å². The number of carbonyl (C=O) groups is 2. The first kappa shape index (κ1) is 12.8. The highest BCUT2D eigenvalue weighted by Gasteiger charge is 2.39. The van der Waals surface area contributed by atoms with E-state index in [2.05, 4.69) is 0 Å². The van der Waals surface area contributed by atoms with Gasteiger partial charge >= 0.3 is 12.1 Å². The van der Waals surface area contributed by atoms with Crippen LogP contribution in [0.4, 0.5) is 13.2 Å². The number of alkyl halides is 3. The van der Waals surface area contributed by atoms with Crippen molar-refractivity contribution in [1.29, 1.82) is 0 Å². The van der Waals surface area contributed by atoms with Crippen LogP contribution in [0.3, 0.4) is 0 Å². The van der Waals surface area contributed by atoms with E-state index in [1.54, 1.807) is 0 Å². The van der Waals surface area contributed by atoms with E-state index in [9.17, 15) is 22.8 Å². The molecule has 1 fully saturated rings. The molecule has 1 saturated heterocycles. The molecule has 1 aliphatic heterocycles. The van der Waals surface area contributed by atoms with Gasteiger partial charge in [-0.15, -0.1) is 0 Å². The van der Waals surface area contributed by atoms with Crippen LogP contribution in [0, 0.1) is 0 Å². The summed E-state index contributed by atoms with van der Waals surface area (Å²) in [6, 6.07) is -0.698. The lowest BCUT2D eigenvalue weighted by molar-refractivity contribution is -0.174. The number of hydrogen-bond acceptors (Lipinski definition) is 2. The first-order valence-electron chi connectivity index (χ1n) is 4.96. The molecule has 1 rings (SSSR count). The minimum absolute atomic E-state index is 0.0758. The number of carbonyl (C=O) groups excluding carboxylic acids is 2. The second-order valence-electron chi connectivity index (χ2n) is 3.82. The van der Waals surface area contributed by atoms with Crippen molar-refractivity contribution in [2.45, 2.75) is 32.0 Å². The molecule has 0 saturated carbocycles. The Labute approximate surface area is 90.8 Å². The zero-order chi connectivity index (χ0) is 12.3. The molecule has 1 aliphatic rings. The third kappa shape index (κ3) is 3.39. The molecule has 0 aromatic rings. The molecule has 0 aliphatic carbocycles. The summed E-state index contributed by atoms with van der Waals surface area (Å²) in [6.07, 6.45) is -3.72. The fourth-order valence-corrected chi connectivity index (χ4v) is 1.58. The van der Waals surface area contributed by atoms with Crippen molar-refractivity contribution in [3.05, 3.63) is 0 Å². The van der Waals surface area contributed by atoms with Gasteiger partial charge in [0.05, 0.1) is 0 Å².